The van der Waals surface area contributed by atoms with E-state index in [1.165, 1.54) is 6.08 Å². The second-order valence-electron chi connectivity index (χ2n) is 5.18. The number of halogens is 2. The first-order valence-corrected chi connectivity index (χ1v) is 7.90. The molecule has 2 aromatic carbocycles. The van der Waals surface area contributed by atoms with E-state index in [1.807, 2.05) is 26.0 Å². The fourth-order valence-electron chi connectivity index (χ4n) is 1.91. The van der Waals surface area contributed by atoms with Gasteiger partial charge in [0.2, 0.25) is 5.91 Å². The third-order valence-electron chi connectivity index (χ3n) is 2.85. The van der Waals surface area contributed by atoms with E-state index in [2.05, 4.69) is 5.32 Å². The summed E-state index contributed by atoms with van der Waals surface area (Å²) >= 11 is 11.9. The first-order chi connectivity index (χ1) is 10.9. The van der Waals surface area contributed by atoms with E-state index in [0.717, 1.165) is 5.56 Å². The van der Waals surface area contributed by atoms with Crippen LogP contribution in [-0.4, -0.2) is 12.0 Å². The number of hydrogen-bond acceptors (Lipinski definition) is 2. The van der Waals surface area contributed by atoms with Crippen molar-refractivity contribution in [2.75, 3.05) is 5.32 Å². The molecule has 0 spiro atoms. The molecular formula is C18H17Cl2NO2. The minimum atomic E-state index is -0.252. The Morgan fingerprint density at radius 3 is 2.65 bits per heavy atom. The van der Waals surface area contributed by atoms with E-state index in [4.69, 9.17) is 27.9 Å². The third kappa shape index (κ3) is 5.62. The molecule has 0 heterocycles. The van der Waals surface area contributed by atoms with Gasteiger partial charge < -0.3 is 10.1 Å². The molecule has 0 bridgehead atoms. The summed E-state index contributed by atoms with van der Waals surface area (Å²) in [5.74, 6) is 0.459. The van der Waals surface area contributed by atoms with Gasteiger partial charge in [-0.15, -0.1) is 0 Å². The van der Waals surface area contributed by atoms with Crippen molar-refractivity contribution in [3.63, 3.8) is 0 Å². The number of nitrogens with one attached hydrogen (secondary N) is 1. The smallest absolute Gasteiger partial charge is 0.248 e. The quantitative estimate of drug-likeness (QED) is 0.730. The van der Waals surface area contributed by atoms with Crippen LogP contribution in [0, 0.1) is 0 Å². The minimum absolute atomic E-state index is 0.0768. The Balaban J connectivity index is 2.03. The molecule has 0 aliphatic heterocycles. The maximum atomic E-state index is 12.0. The van der Waals surface area contributed by atoms with Gasteiger partial charge in [0.15, 0.2) is 0 Å². The zero-order valence-electron chi connectivity index (χ0n) is 12.8. The van der Waals surface area contributed by atoms with E-state index < -0.39 is 0 Å². The van der Waals surface area contributed by atoms with Crippen molar-refractivity contribution in [3.05, 3.63) is 64.1 Å². The molecular weight excluding hydrogens is 333 g/mol. The predicted octanol–water partition coefficient (Wildman–Crippen LogP) is 5.43. The Hall–Kier alpha value is -1.97. The normalized spacial score (nSPS) is 11.0. The topological polar surface area (TPSA) is 38.3 Å². The van der Waals surface area contributed by atoms with Gasteiger partial charge >= 0.3 is 0 Å². The van der Waals surface area contributed by atoms with Gasteiger partial charge in [0, 0.05) is 27.9 Å². The number of hydrogen-bond donors (Lipinski definition) is 1. The Labute approximate surface area is 145 Å². The van der Waals surface area contributed by atoms with Crippen LogP contribution in [0.1, 0.15) is 19.4 Å². The standard InChI is InChI=1S/C18H17Cl2NO2/c1-12(2)23-16-5-3-4-15(11-16)21-18(22)9-7-13-6-8-14(19)10-17(13)20/h3-12H,1-2H3,(H,21,22)/b9-7+. The lowest BCUT2D eigenvalue weighted by molar-refractivity contribution is -0.111. The predicted molar refractivity (Wildman–Crippen MR) is 96.3 cm³/mol. The molecule has 2 aromatic rings. The van der Waals surface area contributed by atoms with Crippen LogP contribution in [0.15, 0.2) is 48.5 Å². The zero-order valence-corrected chi connectivity index (χ0v) is 14.4. The van der Waals surface area contributed by atoms with Crippen molar-refractivity contribution in [3.8, 4) is 5.75 Å². The number of rotatable bonds is 5. The van der Waals surface area contributed by atoms with Crippen molar-refractivity contribution in [2.45, 2.75) is 20.0 Å². The largest absolute Gasteiger partial charge is 0.491 e. The molecule has 0 aromatic heterocycles. The molecule has 2 rings (SSSR count). The van der Waals surface area contributed by atoms with Gasteiger partial charge in [0.05, 0.1) is 6.10 Å². The number of benzene rings is 2. The number of ether oxygens (including phenoxy) is 1. The highest BCUT2D eigenvalue weighted by atomic mass is 35.5. The molecule has 1 amide bonds. The molecule has 1 N–H and O–H groups in total. The Kier molecular flexibility index (Phi) is 6.08. The van der Waals surface area contributed by atoms with Gasteiger partial charge in [-0.1, -0.05) is 35.3 Å². The fourth-order valence-corrected chi connectivity index (χ4v) is 2.38. The molecule has 0 radical (unpaired) electrons. The lowest BCUT2D eigenvalue weighted by Gasteiger charge is -2.11. The summed E-state index contributed by atoms with van der Waals surface area (Å²) in [6.07, 6.45) is 3.14. The summed E-state index contributed by atoms with van der Waals surface area (Å²) in [4.78, 5) is 12.0. The summed E-state index contributed by atoms with van der Waals surface area (Å²) in [7, 11) is 0. The van der Waals surface area contributed by atoms with Crippen LogP contribution in [0.3, 0.4) is 0 Å². The van der Waals surface area contributed by atoms with Gasteiger partial charge in [-0.05, 0) is 49.8 Å². The Bertz CT molecular complexity index is 727. The van der Waals surface area contributed by atoms with E-state index >= 15 is 0 Å². The van der Waals surface area contributed by atoms with Crippen LogP contribution in [0.2, 0.25) is 10.0 Å². The first kappa shape index (κ1) is 17.4. The summed E-state index contributed by atoms with van der Waals surface area (Å²) in [6.45, 7) is 3.90. The zero-order chi connectivity index (χ0) is 16.8. The third-order valence-corrected chi connectivity index (χ3v) is 3.41. The Morgan fingerprint density at radius 1 is 1.17 bits per heavy atom. The van der Waals surface area contributed by atoms with Crippen molar-refractivity contribution in [2.24, 2.45) is 0 Å². The second-order valence-corrected chi connectivity index (χ2v) is 6.03. The highest BCUT2D eigenvalue weighted by Gasteiger charge is 2.03. The molecule has 5 heteroatoms. The average Bonchev–Trinajstić information content (AvgIpc) is 2.46. The number of carbonyl (C=O) groups excluding carboxylic acids is 1. The first-order valence-electron chi connectivity index (χ1n) is 7.15. The molecule has 0 saturated heterocycles. The molecule has 0 saturated carbocycles. The van der Waals surface area contributed by atoms with Crippen LogP contribution < -0.4 is 10.1 Å². The van der Waals surface area contributed by atoms with Crippen LogP contribution in [0.25, 0.3) is 6.08 Å². The monoisotopic (exact) mass is 349 g/mol. The average molecular weight is 350 g/mol. The molecule has 120 valence electrons. The van der Waals surface area contributed by atoms with Crippen LogP contribution >= 0.6 is 23.2 Å². The van der Waals surface area contributed by atoms with Crippen LogP contribution in [0.4, 0.5) is 5.69 Å². The molecule has 0 fully saturated rings. The molecule has 3 nitrogen and oxygen atoms in total. The van der Waals surface area contributed by atoms with Gasteiger partial charge in [-0.2, -0.15) is 0 Å². The van der Waals surface area contributed by atoms with Crippen molar-refractivity contribution < 1.29 is 9.53 Å². The van der Waals surface area contributed by atoms with Gasteiger partial charge in [0.1, 0.15) is 5.75 Å². The summed E-state index contributed by atoms with van der Waals surface area (Å²) < 4.78 is 5.59. The minimum Gasteiger partial charge on any atom is -0.491 e. The van der Waals surface area contributed by atoms with E-state index in [-0.39, 0.29) is 12.0 Å². The maximum absolute atomic E-state index is 12.0. The highest BCUT2D eigenvalue weighted by molar-refractivity contribution is 6.35. The summed E-state index contributed by atoms with van der Waals surface area (Å²) in [6, 6.07) is 12.4. The van der Waals surface area contributed by atoms with Crippen LogP contribution in [0.5, 0.6) is 5.75 Å². The van der Waals surface area contributed by atoms with Crippen molar-refractivity contribution in [1.29, 1.82) is 0 Å². The molecule has 23 heavy (non-hydrogen) atoms. The van der Waals surface area contributed by atoms with Crippen LogP contribution in [-0.2, 0) is 4.79 Å². The lowest BCUT2D eigenvalue weighted by Crippen LogP contribution is -2.09. The fraction of sp³-hybridized carbons (Fsp3) is 0.167. The molecule has 0 aliphatic rings. The van der Waals surface area contributed by atoms with Gasteiger partial charge in [-0.25, -0.2) is 0 Å². The SMILES string of the molecule is CC(C)Oc1cccc(NC(=O)/C=C/c2ccc(Cl)cc2Cl)c1. The van der Waals surface area contributed by atoms with E-state index in [0.29, 0.717) is 21.5 Å². The van der Waals surface area contributed by atoms with Crippen molar-refractivity contribution in [1.82, 2.24) is 0 Å². The van der Waals surface area contributed by atoms with E-state index in [1.54, 1.807) is 36.4 Å². The van der Waals surface area contributed by atoms with Gasteiger partial charge in [0.25, 0.3) is 0 Å². The molecule has 0 aliphatic carbocycles. The summed E-state index contributed by atoms with van der Waals surface area (Å²) in [5.41, 5.74) is 1.39. The molecule has 0 atom stereocenters. The van der Waals surface area contributed by atoms with E-state index in [9.17, 15) is 4.79 Å². The Morgan fingerprint density at radius 2 is 1.96 bits per heavy atom. The molecule has 0 unspecified atom stereocenters. The summed E-state index contributed by atoms with van der Waals surface area (Å²) in [5, 5.41) is 3.83. The maximum Gasteiger partial charge on any atom is 0.248 e. The van der Waals surface area contributed by atoms with Crippen molar-refractivity contribution >= 4 is 40.9 Å². The highest BCUT2D eigenvalue weighted by Crippen LogP contribution is 2.22. The van der Waals surface area contributed by atoms with Gasteiger partial charge in [-0.3, -0.25) is 4.79 Å². The lowest BCUT2D eigenvalue weighted by atomic mass is 10.2. The number of carbonyl (C=O) groups is 1. The second kappa shape index (κ2) is 8.04. The number of amides is 1. The number of anilines is 1.